The van der Waals surface area contributed by atoms with Gasteiger partial charge in [-0.15, -0.1) is 23.7 Å². The fourth-order valence-electron chi connectivity index (χ4n) is 1.75. The molecule has 0 aromatic heterocycles. The highest BCUT2D eigenvalue weighted by Gasteiger charge is 1.94. The number of carboxylic acids is 1. The Hall–Kier alpha value is -1.41. The molecule has 0 aliphatic rings. The second kappa shape index (κ2) is 15.6. The molecule has 1 N–H and O–H groups in total. The molecule has 0 unspecified atom stereocenters. The highest BCUT2D eigenvalue weighted by molar-refractivity contribution is 5.66. The fourth-order valence-corrected chi connectivity index (χ4v) is 1.75. The van der Waals surface area contributed by atoms with Gasteiger partial charge in [0.1, 0.15) is 0 Å². The molecule has 112 valence electrons. The summed E-state index contributed by atoms with van der Waals surface area (Å²) in [5.74, 6) is 12.0. The van der Waals surface area contributed by atoms with Gasteiger partial charge in [-0.3, -0.25) is 4.79 Å². The van der Waals surface area contributed by atoms with E-state index in [4.69, 9.17) is 5.11 Å². The van der Waals surface area contributed by atoms with Gasteiger partial charge in [-0.05, 0) is 25.7 Å². The third-order valence-corrected chi connectivity index (χ3v) is 2.95. The summed E-state index contributed by atoms with van der Waals surface area (Å²) < 4.78 is 0. The summed E-state index contributed by atoms with van der Waals surface area (Å²) in [6.45, 7) is 2.21. The second-order valence-electron chi connectivity index (χ2n) is 4.97. The molecular formula is C18H28O2. The zero-order chi connectivity index (χ0) is 14.9. The number of aliphatic carboxylic acids is 1. The van der Waals surface area contributed by atoms with Gasteiger partial charge in [0.2, 0.25) is 0 Å². The zero-order valence-corrected chi connectivity index (χ0v) is 12.8. The molecular weight excluding hydrogens is 248 g/mol. The molecule has 0 aliphatic heterocycles. The van der Waals surface area contributed by atoms with Gasteiger partial charge in [0, 0.05) is 32.1 Å². The van der Waals surface area contributed by atoms with E-state index in [-0.39, 0.29) is 6.42 Å². The Morgan fingerprint density at radius 2 is 1.25 bits per heavy atom. The highest BCUT2D eigenvalue weighted by Crippen LogP contribution is 2.02. The maximum atomic E-state index is 10.3. The van der Waals surface area contributed by atoms with E-state index in [1.165, 1.54) is 19.3 Å². The van der Waals surface area contributed by atoms with Gasteiger partial charge in [0.25, 0.3) is 0 Å². The molecule has 0 saturated carbocycles. The molecule has 0 aromatic carbocycles. The van der Waals surface area contributed by atoms with Crippen LogP contribution in [0.2, 0.25) is 0 Å². The quantitative estimate of drug-likeness (QED) is 0.460. The number of rotatable bonds is 10. The van der Waals surface area contributed by atoms with E-state index in [2.05, 4.69) is 30.6 Å². The van der Waals surface area contributed by atoms with Gasteiger partial charge in [-0.2, -0.15) is 0 Å². The number of hydrogen-bond donors (Lipinski definition) is 1. The lowest BCUT2D eigenvalue weighted by Crippen LogP contribution is -1.93. The molecule has 0 radical (unpaired) electrons. The van der Waals surface area contributed by atoms with Crippen molar-refractivity contribution >= 4 is 5.97 Å². The van der Waals surface area contributed by atoms with E-state index < -0.39 is 5.97 Å². The monoisotopic (exact) mass is 276 g/mol. The molecule has 0 rings (SSSR count). The van der Waals surface area contributed by atoms with Crippen LogP contribution >= 0.6 is 0 Å². The van der Waals surface area contributed by atoms with Crippen molar-refractivity contribution in [3.8, 4) is 23.7 Å². The van der Waals surface area contributed by atoms with E-state index in [9.17, 15) is 4.79 Å². The van der Waals surface area contributed by atoms with E-state index in [1.807, 2.05) is 0 Å². The molecule has 20 heavy (non-hydrogen) atoms. The van der Waals surface area contributed by atoms with Gasteiger partial charge in [-0.25, -0.2) is 0 Å². The number of carbonyl (C=O) groups is 1. The lowest BCUT2D eigenvalue weighted by atomic mass is 10.1. The second-order valence-corrected chi connectivity index (χ2v) is 4.97. The molecule has 2 heteroatoms. The lowest BCUT2D eigenvalue weighted by Gasteiger charge is -1.93. The van der Waals surface area contributed by atoms with Crippen molar-refractivity contribution in [2.45, 2.75) is 84.0 Å². The summed E-state index contributed by atoms with van der Waals surface area (Å²) in [4.78, 5) is 10.3. The molecule has 0 spiro atoms. The predicted molar refractivity (Wildman–Crippen MR) is 84.3 cm³/mol. The Labute approximate surface area is 124 Å². The van der Waals surface area contributed by atoms with Crippen molar-refractivity contribution in [3.63, 3.8) is 0 Å². The van der Waals surface area contributed by atoms with Crippen molar-refractivity contribution in [2.75, 3.05) is 0 Å². The summed E-state index contributed by atoms with van der Waals surface area (Å²) >= 11 is 0. The topological polar surface area (TPSA) is 37.3 Å². The molecule has 0 aliphatic carbocycles. The summed E-state index contributed by atoms with van der Waals surface area (Å²) in [6, 6.07) is 0. The SMILES string of the molecule is CCCCCC#CCCCC#CCCCCCC(=O)O. The van der Waals surface area contributed by atoms with Crippen LogP contribution in [0.4, 0.5) is 0 Å². The van der Waals surface area contributed by atoms with Crippen LogP contribution in [-0.4, -0.2) is 11.1 Å². The zero-order valence-electron chi connectivity index (χ0n) is 12.8. The molecule has 2 nitrogen and oxygen atoms in total. The number of unbranched alkanes of at least 4 members (excludes halogenated alkanes) is 8. The van der Waals surface area contributed by atoms with Gasteiger partial charge >= 0.3 is 5.97 Å². The first-order valence-corrected chi connectivity index (χ1v) is 7.90. The van der Waals surface area contributed by atoms with Crippen LogP contribution in [-0.2, 0) is 4.79 Å². The third-order valence-electron chi connectivity index (χ3n) is 2.95. The normalized spacial score (nSPS) is 9.25. The Morgan fingerprint density at radius 3 is 1.75 bits per heavy atom. The molecule has 0 bridgehead atoms. The smallest absolute Gasteiger partial charge is 0.303 e. The van der Waals surface area contributed by atoms with Crippen LogP contribution in [0.25, 0.3) is 0 Å². The van der Waals surface area contributed by atoms with Gasteiger partial charge in [-0.1, -0.05) is 26.2 Å². The van der Waals surface area contributed by atoms with E-state index in [0.29, 0.717) is 0 Å². The Bertz CT molecular complexity index is 349. The molecule has 0 atom stereocenters. The van der Waals surface area contributed by atoms with Crippen molar-refractivity contribution in [1.82, 2.24) is 0 Å². The first kappa shape index (κ1) is 18.6. The molecule has 0 heterocycles. The number of hydrogen-bond acceptors (Lipinski definition) is 1. The fraction of sp³-hybridized carbons (Fsp3) is 0.722. The number of carboxylic acid groups (broad SMARTS) is 1. The Balaban J connectivity index is 3.26. The largest absolute Gasteiger partial charge is 0.481 e. The summed E-state index contributed by atoms with van der Waals surface area (Å²) in [6.07, 6.45) is 11.7. The van der Waals surface area contributed by atoms with Crippen LogP contribution in [0.5, 0.6) is 0 Å². The average Bonchev–Trinajstić information content (AvgIpc) is 2.43. The summed E-state index contributed by atoms with van der Waals surface area (Å²) in [5, 5.41) is 8.48. The van der Waals surface area contributed by atoms with Gasteiger partial charge < -0.3 is 5.11 Å². The van der Waals surface area contributed by atoms with Crippen LogP contribution in [0, 0.1) is 23.7 Å². The van der Waals surface area contributed by atoms with Crippen LogP contribution in [0.1, 0.15) is 84.0 Å². The molecule has 0 amide bonds. The van der Waals surface area contributed by atoms with Crippen molar-refractivity contribution in [1.29, 1.82) is 0 Å². The molecule has 0 saturated heterocycles. The minimum absolute atomic E-state index is 0.282. The van der Waals surface area contributed by atoms with Crippen LogP contribution in [0.3, 0.4) is 0 Å². The van der Waals surface area contributed by atoms with Gasteiger partial charge in [0.05, 0.1) is 0 Å². The van der Waals surface area contributed by atoms with Crippen LogP contribution in [0.15, 0.2) is 0 Å². The summed E-state index contributed by atoms with van der Waals surface area (Å²) in [7, 11) is 0. The average molecular weight is 276 g/mol. The minimum Gasteiger partial charge on any atom is -0.481 e. The standard InChI is InChI=1S/C18H28O2/c1-2-3-4-5-6-7-8-9-10-11-12-13-14-15-16-17-18(19)20/h2-5,8-10,13-17H2,1H3,(H,19,20). The van der Waals surface area contributed by atoms with Gasteiger partial charge in [0.15, 0.2) is 0 Å². The predicted octanol–water partition coefficient (Wildman–Crippen LogP) is 4.78. The first-order chi connectivity index (χ1) is 9.77. The maximum absolute atomic E-state index is 10.3. The van der Waals surface area contributed by atoms with Crippen LogP contribution < -0.4 is 0 Å². The van der Waals surface area contributed by atoms with Crippen molar-refractivity contribution in [3.05, 3.63) is 0 Å². The molecule has 0 aromatic rings. The van der Waals surface area contributed by atoms with E-state index >= 15 is 0 Å². The van der Waals surface area contributed by atoms with E-state index in [0.717, 1.165) is 51.4 Å². The summed E-state index contributed by atoms with van der Waals surface area (Å²) in [5.41, 5.74) is 0. The molecule has 0 fully saturated rings. The third kappa shape index (κ3) is 16.6. The minimum atomic E-state index is -0.702. The first-order valence-electron chi connectivity index (χ1n) is 7.90. The Morgan fingerprint density at radius 1 is 0.750 bits per heavy atom. The highest BCUT2D eigenvalue weighted by atomic mass is 16.4. The lowest BCUT2D eigenvalue weighted by molar-refractivity contribution is -0.137. The Kier molecular flexibility index (Phi) is 14.5. The van der Waals surface area contributed by atoms with E-state index in [1.54, 1.807) is 0 Å². The van der Waals surface area contributed by atoms with Crippen molar-refractivity contribution in [2.24, 2.45) is 0 Å². The van der Waals surface area contributed by atoms with Crippen molar-refractivity contribution < 1.29 is 9.90 Å². The maximum Gasteiger partial charge on any atom is 0.303 e.